The molecule has 4 nitrogen and oxygen atoms in total. The Kier molecular flexibility index (Phi) is 4.86. The lowest BCUT2D eigenvalue weighted by atomic mass is 9.79. The van der Waals surface area contributed by atoms with Gasteiger partial charge in [0.15, 0.2) is 11.8 Å². The topological polar surface area (TPSA) is 43.2 Å². The maximum Gasteiger partial charge on any atom is 0.188 e. The molecule has 0 spiro atoms. The predicted octanol–water partition coefficient (Wildman–Crippen LogP) is 5.13. The zero-order valence-electron chi connectivity index (χ0n) is 16.0. The lowest BCUT2D eigenvalue weighted by Crippen LogP contribution is -2.33. The first-order valence-electron chi connectivity index (χ1n) is 10.4. The van der Waals surface area contributed by atoms with Gasteiger partial charge in [0.2, 0.25) is 0 Å². The number of hydrogen-bond donors (Lipinski definition) is 0. The summed E-state index contributed by atoms with van der Waals surface area (Å²) >= 11 is 0. The zero-order chi connectivity index (χ0) is 18.8. The van der Waals surface area contributed by atoms with Crippen LogP contribution in [0.2, 0.25) is 0 Å². The first kappa shape index (κ1) is 17.5. The molecule has 4 heteroatoms. The van der Waals surface area contributed by atoms with E-state index in [1.165, 1.54) is 24.0 Å². The predicted molar refractivity (Wildman–Crippen MR) is 111 cm³/mol. The molecule has 0 N–H and O–H groups in total. The van der Waals surface area contributed by atoms with Gasteiger partial charge in [-0.05, 0) is 24.0 Å². The second kappa shape index (κ2) is 7.78. The number of rotatable bonds is 4. The summed E-state index contributed by atoms with van der Waals surface area (Å²) in [6.45, 7) is 1.28. The van der Waals surface area contributed by atoms with Gasteiger partial charge in [0.1, 0.15) is 25.3 Å². The molecular weight excluding hydrogens is 348 g/mol. The van der Waals surface area contributed by atoms with Gasteiger partial charge in [0, 0.05) is 11.8 Å². The average Bonchev–Trinajstić information content (AvgIpc) is 3.45. The van der Waals surface area contributed by atoms with Crippen molar-refractivity contribution in [2.45, 2.75) is 37.8 Å². The summed E-state index contributed by atoms with van der Waals surface area (Å²) in [5.74, 6) is 2.40. The van der Waals surface area contributed by atoms with Crippen LogP contribution in [0.1, 0.15) is 48.9 Å². The fraction of sp³-hybridized carbons (Fsp3) is 0.417. The molecule has 2 heterocycles. The van der Waals surface area contributed by atoms with E-state index < -0.39 is 0 Å². The summed E-state index contributed by atoms with van der Waals surface area (Å²) in [6.07, 6.45) is 4.64. The van der Waals surface area contributed by atoms with E-state index in [2.05, 4.69) is 48.5 Å². The fourth-order valence-corrected chi connectivity index (χ4v) is 4.60. The molecule has 0 radical (unpaired) electrons. The lowest BCUT2D eigenvalue weighted by molar-refractivity contribution is 0.237. The molecule has 3 aliphatic rings. The monoisotopic (exact) mass is 374 g/mol. The quantitative estimate of drug-likeness (QED) is 0.744. The van der Waals surface area contributed by atoms with Gasteiger partial charge in [-0.2, -0.15) is 0 Å². The van der Waals surface area contributed by atoms with Crippen molar-refractivity contribution in [1.82, 2.24) is 0 Å². The smallest absolute Gasteiger partial charge is 0.188 e. The van der Waals surface area contributed by atoms with Gasteiger partial charge in [-0.15, -0.1) is 0 Å². The Morgan fingerprint density at radius 2 is 1.04 bits per heavy atom. The van der Waals surface area contributed by atoms with Gasteiger partial charge in [0.05, 0.1) is 0 Å². The number of aliphatic imine (C=N–C) groups is 2. The van der Waals surface area contributed by atoms with Gasteiger partial charge >= 0.3 is 0 Å². The third kappa shape index (κ3) is 3.44. The van der Waals surface area contributed by atoms with E-state index in [1.54, 1.807) is 0 Å². The largest absolute Gasteiger partial charge is 0.478 e. The Labute approximate surface area is 166 Å². The van der Waals surface area contributed by atoms with Gasteiger partial charge in [-0.1, -0.05) is 73.5 Å². The standard InChI is InChI=1S/C24H26N2O2/c1-3-9-17(10-4-1)21-15-27-23(25-21)19-13-7-8-14-20(19)24-26-22(16-28-24)18-11-5-2-6-12-18/h1-6,9-12,19-22H,7-8,13-16H2/t19-,20+,21-,22-/m1/s1. The highest BCUT2D eigenvalue weighted by molar-refractivity contribution is 5.89. The van der Waals surface area contributed by atoms with Crippen LogP contribution in [0.3, 0.4) is 0 Å². The van der Waals surface area contributed by atoms with Crippen LogP contribution in [-0.4, -0.2) is 25.0 Å². The first-order chi connectivity index (χ1) is 13.9. The van der Waals surface area contributed by atoms with Crippen LogP contribution in [0.4, 0.5) is 0 Å². The van der Waals surface area contributed by atoms with Crippen LogP contribution in [0.25, 0.3) is 0 Å². The summed E-state index contributed by atoms with van der Waals surface area (Å²) < 4.78 is 12.2. The molecule has 2 aliphatic heterocycles. The van der Waals surface area contributed by atoms with Crippen molar-refractivity contribution in [2.75, 3.05) is 13.2 Å². The highest BCUT2D eigenvalue weighted by atomic mass is 16.5. The third-order valence-electron chi connectivity index (χ3n) is 6.11. The Hall–Kier alpha value is -2.62. The second-order valence-corrected chi connectivity index (χ2v) is 7.91. The van der Waals surface area contributed by atoms with Crippen LogP contribution in [-0.2, 0) is 9.47 Å². The van der Waals surface area contributed by atoms with Crippen molar-refractivity contribution < 1.29 is 9.47 Å². The van der Waals surface area contributed by atoms with Crippen LogP contribution in [0, 0.1) is 11.8 Å². The van der Waals surface area contributed by atoms with Crippen molar-refractivity contribution >= 4 is 11.8 Å². The van der Waals surface area contributed by atoms with Crippen LogP contribution >= 0.6 is 0 Å². The van der Waals surface area contributed by atoms with Crippen LogP contribution in [0.15, 0.2) is 70.6 Å². The Morgan fingerprint density at radius 3 is 1.46 bits per heavy atom. The van der Waals surface area contributed by atoms with E-state index in [-0.39, 0.29) is 23.9 Å². The fourth-order valence-electron chi connectivity index (χ4n) is 4.60. The highest BCUT2D eigenvalue weighted by Gasteiger charge is 2.39. The number of ether oxygens (including phenoxy) is 2. The first-order valence-corrected chi connectivity index (χ1v) is 10.4. The molecule has 0 saturated heterocycles. The van der Waals surface area contributed by atoms with Crippen molar-refractivity contribution in [3.05, 3.63) is 71.8 Å². The van der Waals surface area contributed by atoms with Crippen molar-refractivity contribution in [3.63, 3.8) is 0 Å². The van der Waals surface area contributed by atoms with Crippen molar-refractivity contribution in [3.8, 4) is 0 Å². The van der Waals surface area contributed by atoms with E-state index in [0.717, 1.165) is 24.6 Å². The minimum atomic E-state index is 0.113. The molecule has 0 bridgehead atoms. The summed E-state index contributed by atoms with van der Waals surface area (Å²) in [6, 6.07) is 21.1. The van der Waals surface area contributed by atoms with Gasteiger partial charge in [0.25, 0.3) is 0 Å². The average molecular weight is 374 g/mol. The van der Waals surface area contributed by atoms with E-state index in [9.17, 15) is 0 Å². The van der Waals surface area contributed by atoms with Gasteiger partial charge < -0.3 is 9.47 Å². The molecule has 144 valence electrons. The molecule has 0 unspecified atom stereocenters. The third-order valence-corrected chi connectivity index (χ3v) is 6.11. The van der Waals surface area contributed by atoms with Gasteiger partial charge in [-0.3, -0.25) is 0 Å². The summed E-state index contributed by atoms with van der Waals surface area (Å²) in [7, 11) is 0. The van der Waals surface area contributed by atoms with Crippen LogP contribution < -0.4 is 0 Å². The molecule has 1 saturated carbocycles. The molecule has 28 heavy (non-hydrogen) atoms. The summed E-state index contributed by atoms with van der Waals surface area (Å²) in [5.41, 5.74) is 2.45. The summed E-state index contributed by atoms with van der Waals surface area (Å²) in [4.78, 5) is 9.93. The lowest BCUT2D eigenvalue weighted by Gasteiger charge is -2.30. The molecule has 5 rings (SSSR count). The molecule has 1 aliphatic carbocycles. The second-order valence-electron chi connectivity index (χ2n) is 7.91. The van der Waals surface area contributed by atoms with E-state index >= 15 is 0 Å². The highest BCUT2D eigenvalue weighted by Crippen LogP contribution is 2.38. The molecule has 1 fully saturated rings. The normalized spacial score (nSPS) is 29.6. The van der Waals surface area contributed by atoms with Gasteiger partial charge in [-0.25, -0.2) is 9.98 Å². The van der Waals surface area contributed by atoms with E-state index in [0.29, 0.717) is 13.2 Å². The SMILES string of the molecule is c1ccc([C@H]2COC([C@H]3CCCC[C@H]3C3=N[C@@H](c4ccccc4)CO3)=N2)cc1. The van der Waals surface area contributed by atoms with Crippen molar-refractivity contribution in [1.29, 1.82) is 0 Å². The van der Waals surface area contributed by atoms with E-state index in [1.807, 2.05) is 12.1 Å². The van der Waals surface area contributed by atoms with Crippen molar-refractivity contribution in [2.24, 2.45) is 21.8 Å². The number of benzene rings is 2. The summed E-state index contributed by atoms with van der Waals surface area (Å²) in [5, 5.41) is 0. The maximum absolute atomic E-state index is 6.10. The molecule has 0 amide bonds. The molecule has 2 aromatic rings. The van der Waals surface area contributed by atoms with E-state index in [4.69, 9.17) is 19.5 Å². The molecule has 4 atom stereocenters. The molecule has 2 aromatic carbocycles. The Balaban J connectivity index is 1.36. The minimum absolute atomic E-state index is 0.113. The Morgan fingerprint density at radius 1 is 0.607 bits per heavy atom. The maximum atomic E-state index is 6.10. The minimum Gasteiger partial charge on any atom is -0.478 e. The van der Waals surface area contributed by atoms with Crippen LogP contribution in [0.5, 0.6) is 0 Å². The molecule has 0 aromatic heterocycles. The number of hydrogen-bond acceptors (Lipinski definition) is 4. The Bertz CT molecular complexity index is 789. The molecular formula is C24H26N2O2. The zero-order valence-corrected chi connectivity index (χ0v) is 16.0. The number of nitrogens with zero attached hydrogens (tertiary/aromatic N) is 2.